The Morgan fingerprint density at radius 2 is 1.63 bits per heavy atom. The minimum atomic E-state index is 0.536. The van der Waals surface area contributed by atoms with Crippen molar-refractivity contribution in [2.75, 3.05) is 46.9 Å². The van der Waals surface area contributed by atoms with E-state index in [2.05, 4.69) is 57.0 Å². The van der Waals surface area contributed by atoms with Crippen LogP contribution in [0.25, 0.3) is 0 Å². The van der Waals surface area contributed by atoms with Crippen molar-refractivity contribution in [1.29, 1.82) is 0 Å². The molecule has 0 saturated carbocycles. The number of hydrogen-bond donors (Lipinski definition) is 0. The lowest BCUT2D eigenvalue weighted by Crippen LogP contribution is -2.44. The van der Waals surface area contributed by atoms with Gasteiger partial charge in [0.1, 0.15) is 6.61 Å². The Balaban J connectivity index is 1.53. The van der Waals surface area contributed by atoms with E-state index in [1.165, 1.54) is 38.2 Å². The van der Waals surface area contributed by atoms with E-state index in [9.17, 15) is 0 Å². The number of aryl methyl sites for hydroxylation is 1. The van der Waals surface area contributed by atoms with Crippen LogP contribution in [0.1, 0.15) is 17.5 Å². The maximum atomic E-state index is 6.05. The minimum Gasteiger partial charge on any atom is -0.493 e. The summed E-state index contributed by atoms with van der Waals surface area (Å²) in [5, 5.41) is 0. The first kappa shape index (κ1) is 20.2. The van der Waals surface area contributed by atoms with Gasteiger partial charge in [-0.2, -0.15) is 0 Å². The summed E-state index contributed by atoms with van der Waals surface area (Å²) in [4.78, 5) is 4.96. The highest BCUT2D eigenvalue weighted by Gasteiger charge is 2.13. The maximum Gasteiger partial charge on any atom is 0.161 e. The van der Waals surface area contributed by atoms with Crippen molar-refractivity contribution in [2.45, 2.75) is 19.4 Å². The fourth-order valence-electron chi connectivity index (χ4n) is 3.31. The molecule has 0 N–H and O–H groups in total. The maximum absolute atomic E-state index is 6.05. The molecular formula is C22H29BrN2O2. The molecule has 27 heavy (non-hydrogen) atoms. The predicted molar refractivity (Wildman–Crippen MR) is 114 cm³/mol. The molecule has 0 unspecified atom stereocenters. The number of rotatable bonds is 8. The zero-order valence-corrected chi connectivity index (χ0v) is 17.9. The monoisotopic (exact) mass is 432 g/mol. The molecule has 1 aliphatic rings. The number of halogens is 1. The zero-order valence-electron chi connectivity index (χ0n) is 16.3. The van der Waals surface area contributed by atoms with Crippen molar-refractivity contribution in [3.63, 3.8) is 0 Å². The molecule has 2 aromatic carbocycles. The Labute approximate surface area is 171 Å². The number of likely N-dealkylation sites (N-methyl/N-ethyl adjacent to an activating group) is 1. The van der Waals surface area contributed by atoms with E-state index < -0.39 is 0 Å². The smallest absolute Gasteiger partial charge is 0.161 e. The third-order valence-corrected chi connectivity index (χ3v) is 5.60. The molecule has 0 spiro atoms. The Bertz CT molecular complexity index is 713. The van der Waals surface area contributed by atoms with Gasteiger partial charge < -0.3 is 19.3 Å². The van der Waals surface area contributed by atoms with Gasteiger partial charge in [0.2, 0.25) is 0 Å². The molecule has 0 bridgehead atoms. The van der Waals surface area contributed by atoms with Gasteiger partial charge in [0.25, 0.3) is 0 Å². The number of hydrogen-bond acceptors (Lipinski definition) is 4. The van der Waals surface area contributed by atoms with Crippen molar-refractivity contribution in [3.8, 4) is 11.5 Å². The molecule has 146 valence electrons. The van der Waals surface area contributed by atoms with Crippen LogP contribution in [0, 0.1) is 0 Å². The number of methoxy groups -OCH3 is 1. The summed E-state index contributed by atoms with van der Waals surface area (Å²) in [6, 6.07) is 14.5. The summed E-state index contributed by atoms with van der Waals surface area (Å²) in [5.41, 5.74) is 2.44. The highest BCUT2D eigenvalue weighted by atomic mass is 79.9. The normalized spacial score (nSPS) is 15.7. The first-order valence-corrected chi connectivity index (χ1v) is 10.4. The van der Waals surface area contributed by atoms with Gasteiger partial charge >= 0.3 is 0 Å². The number of ether oxygens (including phenoxy) is 2. The van der Waals surface area contributed by atoms with Gasteiger partial charge in [-0.3, -0.25) is 0 Å². The second-order valence-corrected chi connectivity index (χ2v) is 8.06. The summed E-state index contributed by atoms with van der Waals surface area (Å²) in [6.45, 7) is 6.41. The standard InChI is InChI=1S/C22H29BrN2O2/c1-24-12-14-25(15-13-24)11-3-4-18-7-10-21(26-2)22(16-18)27-17-19-5-8-20(23)9-6-19/h5-10,16H,3-4,11-15,17H2,1-2H3. The fraction of sp³-hybridized carbons (Fsp3) is 0.455. The highest BCUT2D eigenvalue weighted by molar-refractivity contribution is 9.10. The van der Waals surface area contributed by atoms with Gasteiger partial charge in [-0.25, -0.2) is 0 Å². The lowest BCUT2D eigenvalue weighted by molar-refractivity contribution is 0.153. The summed E-state index contributed by atoms with van der Waals surface area (Å²) in [5.74, 6) is 1.60. The van der Waals surface area contributed by atoms with Crippen molar-refractivity contribution < 1.29 is 9.47 Å². The van der Waals surface area contributed by atoms with E-state index in [1.807, 2.05) is 18.2 Å². The van der Waals surface area contributed by atoms with Crippen LogP contribution in [-0.4, -0.2) is 56.7 Å². The molecule has 5 heteroatoms. The molecule has 1 aliphatic heterocycles. The van der Waals surface area contributed by atoms with Crippen LogP contribution in [0.5, 0.6) is 11.5 Å². The van der Waals surface area contributed by atoms with Gasteiger partial charge in [0.15, 0.2) is 11.5 Å². The molecule has 1 saturated heterocycles. The second kappa shape index (κ2) is 10.1. The number of piperazine rings is 1. The number of benzene rings is 2. The second-order valence-electron chi connectivity index (χ2n) is 7.15. The summed E-state index contributed by atoms with van der Waals surface area (Å²) in [6.07, 6.45) is 2.23. The SMILES string of the molecule is COc1ccc(CCCN2CCN(C)CC2)cc1OCc1ccc(Br)cc1. The predicted octanol–water partition coefficient (Wildman–Crippen LogP) is 4.22. The molecule has 1 fully saturated rings. The van der Waals surface area contributed by atoms with E-state index in [-0.39, 0.29) is 0 Å². The summed E-state index contributed by atoms with van der Waals surface area (Å²) in [7, 11) is 3.89. The number of nitrogens with zero attached hydrogens (tertiary/aromatic N) is 2. The van der Waals surface area contributed by atoms with Crippen LogP contribution in [0.2, 0.25) is 0 Å². The lowest BCUT2D eigenvalue weighted by Gasteiger charge is -2.32. The van der Waals surface area contributed by atoms with E-state index in [0.717, 1.165) is 34.5 Å². The molecule has 0 aliphatic carbocycles. The van der Waals surface area contributed by atoms with Gasteiger partial charge in [0.05, 0.1) is 7.11 Å². The van der Waals surface area contributed by atoms with Crippen molar-refractivity contribution in [1.82, 2.24) is 9.80 Å². The van der Waals surface area contributed by atoms with Crippen molar-refractivity contribution in [2.24, 2.45) is 0 Å². The zero-order chi connectivity index (χ0) is 19.1. The lowest BCUT2D eigenvalue weighted by atomic mass is 10.1. The van der Waals surface area contributed by atoms with E-state index in [4.69, 9.17) is 9.47 Å². The van der Waals surface area contributed by atoms with Crippen LogP contribution in [0.15, 0.2) is 46.9 Å². The van der Waals surface area contributed by atoms with E-state index in [1.54, 1.807) is 7.11 Å². The van der Waals surface area contributed by atoms with Crippen LogP contribution in [0.3, 0.4) is 0 Å². The molecule has 0 atom stereocenters. The molecular weight excluding hydrogens is 404 g/mol. The highest BCUT2D eigenvalue weighted by Crippen LogP contribution is 2.29. The molecule has 0 radical (unpaired) electrons. The van der Waals surface area contributed by atoms with Crippen LogP contribution < -0.4 is 9.47 Å². The first-order valence-electron chi connectivity index (χ1n) is 9.59. The van der Waals surface area contributed by atoms with Gasteiger partial charge in [-0.1, -0.05) is 34.1 Å². The Kier molecular flexibility index (Phi) is 7.56. The Morgan fingerprint density at radius 3 is 2.33 bits per heavy atom. The Morgan fingerprint density at radius 1 is 0.926 bits per heavy atom. The van der Waals surface area contributed by atoms with E-state index >= 15 is 0 Å². The van der Waals surface area contributed by atoms with Crippen molar-refractivity contribution >= 4 is 15.9 Å². The van der Waals surface area contributed by atoms with Crippen LogP contribution in [0.4, 0.5) is 0 Å². The quantitative estimate of drug-likeness (QED) is 0.623. The largest absolute Gasteiger partial charge is 0.493 e. The molecule has 1 heterocycles. The first-order chi connectivity index (χ1) is 13.1. The third-order valence-electron chi connectivity index (χ3n) is 5.07. The third kappa shape index (κ3) is 6.23. The summed E-state index contributed by atoms with van der Waals surface area (Å²) < 4.78 is 12.6. The van der Waals surface area contributed by atoms with Crippen LogP contribution >= 0.6 is 15.9 Å². The van der Waals surface area contributed by atoms with Crippen LogP contribution in [-0.2, 0) is 13.0 Å². The topological polar surface area (TPSA) is 24.9 Å². The summed E-state index contributed by atoms with van der Waals surface area (Å²) >= 11 is 3.46. The van der Waals surface area contributed by atoms with Crippen molar-refractivity contribution in [3.05, 3.63) is 58.1 Å². The Hall–Kier alpha value is -1.56. The van der Waals surface area contributed by atoms with Gasteiger partial charge in [-0.05, 0) is 61.8 Å². The molecule has 4 nitrogen and oxygen atoms in total. The molecule has 0 aromatic heterocycles. The van der Waals surface area contributed by atoms with Gasteiger partial charge in [-0.15, -0.1) is 0 Å². The van der Waals surface area contributed by atoms with E-state index in [0.29, 0.717) is 6.61 Å². The average molecular weight is 433 g/mol. The minimum absolute atomic E-state index is 0.536. The molecule has 0 amide bonds. The average Bonchev–Trinajstić information content (AvgIpc) is 2.69. The van der Waals surface area contributed by atoms with Gasteiger partial charge in [0, 0.05) is 30.7 Å². The fourth-order valence-corrected chi connectivity index (χ4v) is 3.57. The molecule has 3 rings (SSSR count). The molecule has 2 aromatic rings.